The second-order valence-corrected chi connectivity index (χ2v) is 5.82. The van der Waals surface area contributed by atoms with Gasteiger partial charge in [-0.15, -0.1) is 5.10 Å². The van der Waals surface area contributed by atoms with E-state index < -0.39 is 0 Å². The minimum Gasteiger partial charge on any atom is -0.461 e. The SMILES string of the molecule is CCNC(=NCc1ccc2c(c1)OCO2)NCc1nc(-c2ccco2)n[nH]1. The molecule has 1 aromatic carbocycles. The summed E-state index contributed by atoms with van der Waals surface area (Å²) in [5, 5.41) is 13.5. The number of ether oxygens (including phenoxy) is 2. The number of hydrogen-bond acceptors (Lipinski definition) is 6. The second kappa shape index (κ2) is 7.81. The fraction of sp³-hybridized carbons (Fsp3) is 0.278. The number of hydrogen-bond donors (Lipinski definition) is 3. The van der Waals surface area contributed by atoms with Crippen molar-refractivity contribution in [3.8, 4) is 23.1 Å². The Balaban J connectivity index is 1.38. The summed E-state index contributed by atoms with van der Waals surface area (Å²) in [6, 6.07) is 9.44. The molecule has 9 heteroatoms. The van der Waals surface area contributed by atoms with Crippen molar-refractivity contribution in [3.05, 3.63) is 48.0 Å². The standard InChI is InChI=1S/C18H20N6O3/c1-2-19-18(20-9-12-5-6-13-15(8-12)27-11-26-13)21-10-16-22-17(24-23-16)14-4-3-7-25-14/h3-8H,2,9-11H2,1H3,(H2,19,20,21)(H,22,23,24). The van der Waals surface area contributed by atoms with Gasteiger partial charge in [0.05, 0.1) is 19.4 Å². The third kappa shape index (κ3) is 4.02. The third-order valence-corrected chi connectivity index (χ3v) is 3.90. The predicted molar refractivity (Wildman–Crippen MR) is 98.3 cm³/mol. The molecule has 0 spiro atoms. The van der Waals surface area contributed by atoms with Gasteiger partial charge in [0.25, 0.3) is 0 Å². The summed E-state index contributed by atoms with van der Waals surface area (Å²) in [5.41, 5.74) is 1.04. The van der Waals surface area contributed by atoms with Gasteiger partial charge in [-0.25, -0.2) is 9.98 Å². The van der Waals surface area contributed by atoms with Gasteiger partial charge in [0, 0.05) is 6.54 Å². The summed E-state index contributed by atoms with van der Waals surface area (Å²) in [6.45, 7) is 4.01. The molecule has 3 N–H and O–H groups in total. The lowest BCUT2D eigenvalue weighted by atomic mass is 10.2. The maximum Gasteiger partial charge on any atom is 0.231 e. The zero-order valence-electron chi connectivity index (χ0n) is 14.9. The van der Waals surface area contributed by atoms with Crippen LogP contribution >= 0.6 is 0 Å². The average molecular weight is 368 g/mol. The average Bonchev–Trinajstić information content (AvgIpc) is 3.44. The molecule has 4 rings (SSSR count). The molecule has 27 heavy (non-hydrogen) atoms. The van der Waals surface area contributed by atoms with E-state index in [1.54, 1.807) is 12.3 Å². The van der Waals surface area contributed by atoms with Crippen LogP contribution in [0, 0.1) is 0 Å². The fourth-order valence-corrected chi connectivity index (χ4v) is 2.61. The second-order valence-electron chi connectivity index (χ2n) is 5.82. The van der Waals surface area contributed by atoms with Crippen molar-refractivity contribution in [2.75, 3.05) is 13.3 Å². The van der Waals surface area contributed by atoms with E-state index in [0.29, 0.717) is 36.5 Å². The molecule has 3 heterocycles. The van der Waals surface area contributed by atoms with Crippen LogP contribution in [-0.4, -0.2) is 34.5 Å². The van der Waals surface area contributed by atoms with Crippen LogP contribution in [0.5, 0.6) is 11.5 Å². The lowest BCUT2D eigenvalue weighted by Gasteiger charge is -2.10. The third-order valence-electron chi connectivity index (χ3n) is 3.90. The van der Waals surface area contributed by atoms with E-state index in [9.17, 15) is 0 Å². The predicted octanol–water partition coefficient (Wildman–Crippen LogP) is 2.05. The maximum absolute atomic E-state index is 5.40. The first-order valence-corrected chi connectivity index (χ1v) is 8.67. The largest absolute Gasteiger partial charge is 0.461 e. The zero-order chi connectivity index (χ0) is 18.5. The summed E-state index contributed by atoms with van der Waals surface area (Å²) >= 11 is 0. The molecule has 2 aromatic heterocycles. The molecule has 140 valence electrons. The van der Waals surface area contributed by atoms with Crippen molar-refractivity contribution in [1.29, 1.82) is 0 Å². The minimum atomic E-state index is 0.267. The van der Waals surface area contributed by atoms with Crippen LogP contribution in [0.2, 0.25) is 0 Å². The first kappa shape index (κ1) is 17.0. The number of guanidine groups is 1. The van der Waals surface area contributed by atoms with Crippen LogP contribution in [-0.2, 0) is 13.1 Å². The highest BCUT2D eigenvalue weighted by Crippen LogP contribution is 2.32. The highest BCUT2D eigenvalue weighted by Gasteiger charge is 2.13. The number of rotatable bonds is 6. The summed E-state index contributed by atoms with van der Waals surface area (Å²) in [5.74, 6) is 4.05. The van der Waals surface area contributed by atoms with Gasteiger partial charge in [0.2, 0.25) is 12.6 Å². The smallest absolute Gasteiger partial charge is 0.231 e. The summed E-state index contributed by atoms with van der Waals surface area (Å²) < 4.78 is 16.0. The molecule has 0 bridgehead atoms. The molecule has 0 unspecified atom stereocenters. The van der Waals surface area contributed by atoms with E-state index in [1.807, 2.05) is 31.2 Å². The number of benzene rings is 1. The van der Waals surface area contributed by atoms with Gasteiger partial charge >= 0.3 is 0 Å². The number of nitrogens with one attached hydrogen (secondary N) is 3. The molecule has 0 radical (unpaired) electrons. The number of nitrogens with zero attached hydrogens (tertiary/aromatic N) is 3. The number of aromatic amines is 1. The topological polar surface area (TPSA) is 110 Å². The van der Waals surface area contributed by atoms with E-state index in [4.69, 9.17) is 13.9 Å². The summed E-state index contributed by atoms with van der Waals surface area (Å²) in [7, 11) is 0. The van der Waals surface area contributed by atoms with Gasteiger partial charge in [0.1, 0.15) is 5.82 Å². The highest BCUT2D eigenvalue weighted by molar-refractivity contribution is 5.79. The van der Waals surface area contributed by atoms with Crippen LogP contribution in [0.1, 0.15) is 18.3 Å². The number of aromatic nitrogens is 3. The molecular formula is C18H20N6O3. The van der Waals surface area contributed by atoms with E-state index in [0.717, 1.165) is 23.6 Å². The van der Waals surface area contributed by atoms with Gasteiger partial charge in [-0.3, -0.25) is 5.10 Å². The highest BCUT2D eigenvalue weighted by atomic mass is 16.7. The van der Waals surface area contributed by atoms with Crippen LogP contribution in [0.3, 0.4) is 0 Å². The summed E-state index contributed by atoms with van der Waals surface area (Å²) in [4.78, 5) is 9.00. The lowest BCUT2D eigenvalue weighted by molar-refractivity contribution is 0.174. The monoisotopic (exact) mass is 368 g/mol. The van der Waals surface area contributed by atoms with Crippen molar-refractivity contribution >= 4 is 5.96 Å². The van der Waals surface area contributed by atoms with E-state index in [-0.39, 0.29) is 6.79 Å². The molecule has 1 aliphatic heterocycles. The molecular weight excluding hydrogens is 348 g/mol. The normalized spacial score (nSPS) is 13.0. The Labute approximate surface area is 155 Å². The molecule has 0 fully saturated rings. The minimum absolute atomic E-state index is 0.267. The maximum atomic E-state index is 5.40. The molecule has 0 saturated carbocycles. The number of H-pyrrole nitrogens is 1. The Kier molecular flexibility index (Phi) is 4.91. The molecule has 0 aliphatic carbocycles. The number of aliphatic imine (C=N–C) groups is 1. The van der Waals surface area contributed by atoms with Gasteiger partial charge in [-0.1, -0.05) is 6.07 Å². The Morgan fingerprint density at radius 1 is 1.22 bits per heavy atom. The molecule has 3 aromatic rings. The molecule has 0 saturated heterocycles. The van der Waals surface area contributed by atoms with Crippen LogP contribution < -0.4 is 20.1 Å². The van der Waals surface area contributed by atoms with Gasteiger partial charge in [-0.2, -0.15) is 0 Å². The van der Waals surface area contributed by atoms with Crippen LogP contribution in [0.15, 0.2) is 46.0 Å². The fourth-order valence-electron chi connectivity index (χ4n) is 2.61. The quantitative estimate of drug-likeness (QED) is 0.451. The van der Waals surface area contributed by atoms with E-state index >= 15 is 0 Å². The van der Waals surface area contributed by atoms with Gasteiger partial charge < -0.3 is 24.5 Å². The van der Waals surface area contributed by atoms with Crippen LogP contribution in [0.25, 0.3) is 11.6 Å². The van der Waals surface area contributed by atoms with E-state index in [2.05, 4.69) is 30.8 Å². The molecule has 9 nitrogen and oxygen atoms in total. The van der Waals surface area contributed by atoms with Gasteiger partial charge in [-0.05, 0) is 36.8 Å². The molecule has 0 atom stereocenters. The number of fused-ring (bicyclic) bond motifs is 1. The number of furan rings is 1. The van der Waals surface area contributed by atoms with E-state index in [1.165, 1.54) is 0 Å². The molecule has 0 amide bonds. The van der Waals surface area contributed by atoms with Gasteiger partial charge in [0.15, 0.2) is 23.2 Å². The summed E-state index contributed by atoms with van der Waals surface area (Å²) in [6.07, 6.45) is 1.59. The van der Waals surface area contributed by atoms with Crippen molar-refractivity contribution in [1.82, 2.24) is 25.8 Å². The lowest BCUT2D eigenvalue weighted by Crippen LogP contribution is -2.37. The van der Waals surface area contributed by atoms with Crippen molar-refractivity contribution in [3.63, 3.8) is 0 Å². The Morgan fingerprint density at radius 2 is 2.15 bits per heavy atom. The first-order valence-electron chi connectivity index (χ1n) is 8.67. The van der Waals surface area contributed by atoms with Crippen molar-refractivity contribution < 1.29 is 13.9 Å². The Bertz CT molecular complexity index is 919. The van der Waals surface area contributed by atoms with Crippen molar-refractivity contribution in [2.24, 2.45) is 4.99 Å². The molecule has 1 aliphatic rings. The van der Waals surface area contributed by atoms with Crippen LogP contribution in [0.4, 0.5) is 0 Å². The Hall–Kier alpha value is -3.49. The van der Waals surface area contributed by atoms with Crippen molar-refractivity contribution in [2.45, 2.75) is 20.0 Å². The first-order chi connectivity index (χ1) is 13.3. The Morgan fingerprint density at radius 3 is 3.00 bits per heavy atom. The zero-order valence-corrected chi connectivity index (χ0v) is 14.9.